The van der Waals surface area contributed by atoms with Crippen LogP contribution in [-0.2, 0) is 19.1 Å². The molecule has 0 atom stereocenters. The van der Waals surface area contributed by atoms with Crippen molar-refractivity contribution in [3.05, 3.63) is 58.7 Å². The summed E-state index contributed by atoms with van der Waals surface area (Å²) in [5.41, 5.74) is 4.86. The second-order valence-electron chi connectivity index (χ2n) is 6.81. The van der Waals surface area contributed by atoms with Crippen molar-refractivity contribution in [2.24, 2.45) is 0 Å². The molecule has 2 N–H and O–H groups in total. The number of amides is 2. The molecule has 2 amide bonds. The number of hydrogen-bond acceptors (Lipinski definition) is 5. The van der Waals surface area contributed by atoms with E-state index in [4.69, 9.17) is 4.74 Å². The van der Waals surface area contributed by atoms with Crippen molar-refractivity contribution in [3.8, 4) is 0 Å². The number of aryl methyl sites for hydroxylation is 4. The highest BCUT2D eigenvalue weighted by atomic mass is 32.2. The van der Waals surface area contributed by atoms with Gasteiger partial charge in [0.1, 0.15) is 0 Å². The molecule has 0 saturated heterocycles. The van der Waals surface area contributed by atoms with E-state index in [2.05, 4.69) is 10.6 Å². The number of nitrogens with one attached hydrogen (secondary N) is 2. The molecule has 0 aromatic heterocycles. The number of carbonyl (C=O) groups excluding carboxylic acids is 3. The van der Waals surface area contributed by atoms with Gasteiger partial charge in [0.2, 0.25) is 5.91 Å². The quantitative estimate of drug-likeness (QED) is 0.511. The van der Waals surface area contributed by atoms with Crippen molar-refractivity contribution in [3.63, 3.8) is 0 Å². The maximum absolute atomic E-state index is 12.1. The second kappa shape index (κ2) is 10.7. The molecule has 0 unspecified atom stereocenters. The van der Waals surface area contributed by atoms with Crippen molar-refractivity contribution in [1.82, 2.24) is 5.32 Å². The number of rotatable bonds is 8. The Balaban J connectivity index is 1.71. The van der Waals surface area contributed by atoms with E-state index in [1.54, 1.807) is 0 Å². The Hall–Kier alpha value is -2.80. The summed E-state index contributed by atoms with van der Waals surface area (Å²) < 4.78 is 4.96. The van der Waals surface area contributed by atoms with Crippen LogP contribution in [0.15, 0.2) is 41.3 Å². The van der Waals surface area contributed by atoms with Gasteiger partial charge in [0.15, 0.2) is 6.61 Å². The molecule has 0 heterocycles. The number of benzene rings is 2. The molecule has 2 aromatic rings. The molecule has 0 spiro atoms. The zero-order valence-electron chi connectivity index (χ0n) is 17.1. The zero-order valence-corrected chi connectivity index (χ0v) is 17.9. The first-order valence-corrected chi connectivity index (χ1v) is 10.2. The molecule has 0 saturated carbocycles. The van der Waals surface area contributed by atoms with E-state index in [0.29, 0.717) is 0 Å². The summed E-state index contributed by atoms with van der Waals surface area (Å²) in [5.74, 6) is -1.23. The van der Waals surface area contributed by atoms with Gasteiger partial charge in [0.05, 0.1) is 12.3 Å². The topological polar surface area (TPSA) is 84.5 Å². The van der Waals surface area contributed by atoms with Crippen LogP contribution >= 0.6 is 11.8 Å². The third kappa shape index (κ3) is 7.27. The summed E-state index contributed by atoms with van der Waals surface area (Å²) >= 11 is 1.36. The summed E-state index contributed by atoms with van der Waals surface area (Å²) in [6, 6.07) is 11.7. The molecule has 6 nitrogen and oxygen atoms in total. The number of hydrogen-bond donors (Lipinski definition) is 2. The highest BCUT2D eigenvalue weighted by Crippen LogP contribution is 2.22. The van der Waals surface area contributed by atoms with Gasteiger partial charge in [0, 0.05) is 10.6 Å². The van der Waals surface area contributed by atoms with Crippen LogP contribution in [0.1, 0.15) is 22.3 Å². The van der Waals surface area contributed by atoms with Gasteiger partial charge in [-0.2, -0.15) is 0 Å². The van der Waals surface area contributed by atoms with Crippen molar-refractivity contribution in [2.75, 3.05) is 24.2 Å². The maximum Gasteiger partial charge on any atom is 0.316 e. The van der Waals surface area contributed by atoms with Gasteiger partial charge in [-0.05, 0) is 50.5 Å². The van der Waals surface area contributed by atoms with Crippen LogP contribution in [0.2, 0.25) is 0 Å². The van der Waals surface area contributed by atoms with E-state index in [-0.39, 0.29) is 18.2 Å². The van der Waals surface area contributed by atoms with Crippen LogP contribution in [0.3, 0.4) is 0 Å². The molecule has 2 rings (SSSR count). The van der Waals surface area contributed by atoms with E-state index < -0.39 is 18.5 Å². The van der Waals surface area contributed by atoms with Crippen molar-refractivity contribution >= 4 is 35.2 Å². The average molecular weight is 415 g/mol. The number of ether oxygens (including phenoxy) is 1. The fraction of sp³-hybridized carbons (Fsp3) is 0.318. The number of thioether (sulfide) groups is 1. The summed E-state index contributed by atoms with van der Waals surface area (Å²) in [5, 5.41) is 5.26. The Morgan fingerprint density at radius 1 is 0.931 bits per heavy atom. The minimum Gasteiger partial charge on any atom is -0.455 e. The predicted molar refractivity (Wildman–Crippen MR) is 115 cm³/mol. The molecule has 0 fully saturated rings. The highest BCUT2D eigenvalue weighted by Gasteiger charge is 2.12. The first-order valence-electron chi connectivity index (χ1n) is 9.24. The zero-order chi connectivity index (χ0) is 21.4. The Morgan fingerprint density at radius 2 is 1.59 bits per heavy atom. The van der Waals surface area contributed by atoms with E-state index in [0.717, 1.165) is 32.8 Å². The van der Waals surface area contributed by atoms with Crippen LogP contribution in [0.25, 0.3) is 0 Å². The average Bonchev–Trinajstić information content (AvgIpc) is 2.66. The van der Waals surface area contributed by atoms with Gasteiger partial charge < -0.3 is 15.4 Å². The minimum absolute atomic E-state index is 0.116. The lowest BCUT2D eigenvalue weighted by Crippen LogP contribution is -2.36. The SMILES string of the molecule is Cc1cc(C)c(NC(=O)CNC(=O)COC(=O)CSc2ccccc2C)c(C)c1. The molecule has 7 heteroatoms. The summed E-state index contributed by atoms with van der Waals surface area (Å²) in [6.45, 7) is 7.19. The van der Waals surface area contributed by atoms with E-state index in [1.807, 2.05) is 64.1 Å². The number of carbonyl (C=O) groups is 3. The van der Waals surface area contributed by atoms with Gasteiger partial charge in [-0.15, -0.1) is 11.8 Å². The molecule has 0 radical (unpaired) electrons. The predicted octanol–water partition coefficient (Wildman–Crippen LogP) is 3.31. The Kier molecular flexibility index (Phi) is 8.27. The lowest BCUT2D eigenvalue weighted by atomic mass is 10.1. The van der Waals surface area contributed by atoms with E-state index in [9.17, 15) is 14.4 Å². The first-order chi connectivity index (χ1) is 13.8. The molecule has 0 aliphatic carbocycles. The third-order valence-corrected chi connectivity index (χ3v) is 5.34. The fourth-order valence-electron chi connectivity index (χ4n) is 2.83. The molecule has 0 aliphatic heterocycles. The smallest absolute Gasteiger partial charge is 0.316 e. The van der Waals surface area contributed by atoms with Gasteiger partial charge in [-0.3, -0.25) is 14.4 Å². The maximum atomic E-state index is 12.1. The monoisotopic (exact) mass is 414 g/mol. The van der Waals surface area contributed by atoms with Gasteiger partial charge >= 0.3 is 5.97 Å². The van der Waals surface area contributed by atoms with Crippen LogP contribution < -0.4 is 10.6 Å². The van der Waals surface area contributed by atoms with Crippen molar-refractivity contribution < 1.29 is 19.1 Å². The summed E-state index contributed by atoms with van der Waals surface area (Å²) in [6.07, 6.45) is 0. The standard InChI is InChI=1S/C22H26N2O4S/c1-14-9-16(3)22(17(4)10-14)24-19(25)11-23-20(26)12-28-21(27)13-29-18-8-6-5-7-15(18)2/h5-10H,11-13H2,1-4H3,(H,23,26)(H,24,25). The van der Waals surface area contributed by atoms with E-state index >= 15 is 0 Å². The number of esters is 1. The largest absolute Gasteiger partial charge is 0.455 e. The molecule has 2 aromatic carbocycles. The lowest BCUT2D eigenvalue weighted by molar-refractivity contribution is -0.146. The minimum atomic E-state index is -0.522. The molecule has 29 heavy (non-hydrogen) atoms. The summed E-state index contributed by atoms with van der Waals surface area (Å²) in [4.78, 5) is 36.7. The van der Waals surface area contributed by atoms with Gasteiger partial charge in [-0.1, -0.05) is 35.9 Å². The van der Waals surface area contributed by atoms with Crippen LogP contribution in [0.5, 0.6) is 0 Å². The third-order valence-electron chi connectivity index (χ3n) is 4.19. The van der Waals surface area contributed by atoms with Crippen LogP contribution in [0.4, 0.5) is 5.69 Å². The lowest BCUT2D eigenvalue weighted by Gasteiger charge is -2.13. The van der Waals surface area contributed by atoms with Crippen LogP contribution in [-0.4, -0.2) is 36.7 Å². The highest BCUT2D eigenvalue weighted by molar-refractivity contribution is 8.00. The van der Waals surface area contributed by atoms with E-state index in [1.165, 1.54) is 11.8 Å². The number of anilines is 1. The first kappa shape index (κ1) is 22.5. The summed E-state index contributed by atoms with van der Waals surface area (Å²) in [7, 11) is 0. The fourth-order valence-corrected chi connectivity index (χ4v) is 3.66. The van der Waals surface area contributed by atoms with Gasteiger partial charge in [0.25, 0.3) is 5.91 Å². The van der Waals surface area contributed by atoms with Gasteiger partial charge in [-0.25, -0.2) is 0 Å². The molecule has 0 aliphatic rings. The molecular weight excluding hydrogens is 388 g/mol. The Bertz CT molecular complexity index is 888. The molecular formula is C22H26N2O4S. The van der Waals surface area contributed by atoms with Crippen molar-refractivity contribution in [1.29, 1.82) is 0 Å². The Labute approximate surface area is 175 Å². The van der Waals surface area contributed by atoms with Crippen LogP contribution in [0, 0.1) is 27.7 Å². The second-order valence-corrected chi connectivity index (χ2v) is 7.83. The molecule has 0 bridgehead atoms. The normalized spacial score (nSPS) is 10.3. The van der Waals surface area contributed by atoms with Crippen molar-refractivity contribution in [2.45, 2.75) is 32.6 Å². The molecule has 154 valence electrons. The Morgan fingerprint density at radius 3 is 2.24 bits per heavy atom.